The molecule has 0 aliphatic heterocycles. The van der Waals surface area contributed by atoms with Crippen molar-refractivity contribution in [1.82, 2.24) is 0 Å². The van der Waals surface area contributed by atoms with Gasteiger partial charge in [0.2, 0.25) is 0 Å². The summed E-state index contributed by atoms with van der Waals surface area (Å²) in [5.41, 5.74) is 3.71. The molecule has 25 heavy (non-hydrogen) atoms. The lowest BCUT2D eigenvalue weighted by Gasteiger charge is -2.29. The summed E-state index contributed by atoms with van der Waals surface area (Å²) in [7, 11) is -1.38. The molecule has 0 bridgehead atoms. The highest BCUT2D eigenvalue weighted by Gasteiger charge is 2.28. The van der Waals surface area contributed by atoms with Crippen molar-refractivity contribution in [3.8, 4) is 11.5 Å². The van der Waals surface area contributed by atoms with E-state index in [1.54, 1.807) is 0 Å². The Hall–Kier alpha value is -1.14. The molecule has 1 rings (SSSR count). The summed E-state index contributed by atoms with van der Waals surface area (Å²) in [5, 5.41) is 0. The van der Waals surface area contributed by atoms with Gasteiger partial charge >= 0.3 is 0 Å². The molecule has 0 unspecified atom stereocenters. The quantitative estimate of drug-likeness (QED) is 0.361. The third kappa shape index (κ3) is 5.96. The second-order valence-electron chi connectivity index (χ2n) is 7.23. The molecule has 0 aromatic heterocycles. The van der Waals surface area contributed by atoms with Gasteiger partial charge in [0.05, 0.1) is 19.0 Å². The van der Waals surface area contributed by atoms with Crippen LogP contribution in [0.3, 0.4) is 0 Å². The van der Waals surface area contributed by atoms with Gasteiger partial charge in [0.25, 0.3) is 0 Å². The Morgan fingerprint density at radius 3 is 1.96 bits per heavy atom. The van der Waals surface area contributed by atoms with Crippen LogP contribution in [-0.4, -0.2) is 21.3 Å². The molecule has 0 aromatic carbocycles. The highest BCUT2D eigenvalue weighted by atomic mass is 28.3. The van der Waals surface area contributed by atoms with E-state index in [1.165, 1.54) is 18.1 Å². The van der Waals surface area contributed by atoms with Gasteiger partial charge in [-0.25, -0.2) is 0 Å². The Bertz CT molecular complexity index is 510. The molecule has 0 fully saturated rings. The van der Waals surface area contributed by atoms with Crippen LogP contribution in [0.4, 0.5) is 0 Å². The molecule has 1 aliphatic carbocycles. The van der Waals surface area contributed by atoms with Gasteiger partial charge < -0.3 is 9.47 Å². The van der Waals surface area contributed by atoms with E-state index in [-0.39, 0.29) is 5.92 Å². The van der Waals surface area contributed by atoms with Crippen molar-refractivity contribution in [2.75, 3.05) is 13.2 Å². The maximum absolute atomic E-state index is 5.97. The van der Waals surface area contributed by atoms with E-state index in [9.17, 15) is 0 Å². The second kappa shape index (κ2) is 10.8. The first-order chi connectivity index (χ1) is 12.0. The molecular weight excluding hydrogens is 324 g/mol. The molecule has 0 saturated carbocycles. The van der Waals surface area contributed by atoms with Crippen molar-refractivity contribution < 1.29 is 9.47 Å². The molecule has 0 amide bonds. The number of allylic oxidation sites excluding steroid dienone is 2. The molecule has 0 spiro atoms. The van der Waals surface area contributed by atoms with Gasteiger partial charge in [-0.3, -0.25) is 0 Å². The molecule has 3 heteroatoms. The van der Waals surface area contributed by atoms with Crippen molar-refractivity contribution in [3.05, 3.63) is 23.7 Å². The first-order valence-corrected chi connectivity index (χ1v) is 12.8. The van der Waals surface area contributed by atoms with Gasteiger partial charge in [-0.1, -0.05) is 34.6 Å². The smallest absolute Gasteiger partial charge is 0.137 e. The van der Waals surface area contributed by atoms with Gasteiger partial charge in [-0.15, -0.1) is 11.5 Å². The Balaban J connectivity index is 3.04. The predicted octanol–water partition coefficient (Wildman–Crippen LogP) is 6.17. The Morgan fingerprint density at radius 1 is 0.920 bits per heavy atom. The number of ether oxygens (including phenoxy) is 2. The van der Waals surface area contributed by atoms with E-state index in [1.807, 2.05) is 0 Å². The van der Waals surface area contributed by atoms with E-state index in [0.29, 0.717) is 25.0 Å². The SMILES string of the molecule is CCOC1=C[C@@H](C(C)C)C(OCC)=C[C@@H]1CC#C[Si](CC)(CC)CC. The minimum Gasteiger partial charge on any atom is -0.498 e. The predicted molar refractivity (Wildman–Crippen MR) is 111 cm³/mol. The lowest BCUT2D eigenvalue weighted by atomic mass is 9.84. The van der Waals surface area contributed by atoms with Crippen LogP contribution in [0.25, 0.3) is 0 Å². The van der Waals surface area contributed by atoms with Gasteiger partial charge in [0.1, 0.15) is 13.8 Å². The normalized spacial score (nSPS) is 20.5. The molecule has 1 aliphatic rings. The topological polar surface area (TPSA) is 18.5 Å². The average Bonchev–Trinajstić information content (AvgIpc) is 2.61. The summed E-state index contributed by atoms with van der Waals surface area (Å²) in [6, 6.07) is 3.75. The summed E-state index contributed by atoms with van der Waals surface area (Å²) < 4.78 is 11.9. The Kier molecular flexibility index (Phi) is 9.42. The first-order valence-electron chi connectivity index (χ1n) is 10.2. The first kappa shape index (κ1) is 21.9. The van der Waals surface area contributed by atoms with E-state index < -0.39 is 8.07 Å². The van der Waals surface area contributed by atoms with E-state index in [4.69, 9.17) is 9.47 Å². The number of hydrogen-bond acceptors (Lipinski definition) is 2. The summed E-state index contributed by atoms with van der Waals surface area (Å²) in [6.45, 7) is 16.9. The highest BCUT2D eigenvalue weighted by molar-refractivity contribution is 6.87. The molecule has 142 valence electrons. The highest BCUT2D eigenvalue weighted by Crippen LogP contribution is 2.35. The van der Waals surface area contributed by atoms with E-state index in [2.05, 4.69) is 72.1 Å². The lowest BCUT2D eigenvalue weighted by molar-refractivity contribution is 0.157. The maximum Gasteiger partial charge on any atom is 0.137 e. The third-order valence-electron chi connectivity index (χ3n) is 5.45. The lowest BCUT2D eigenvalue weighted by Crippen LogP contribution is -2.29. The summed E-state index contributed by atoms with van der Waals surface area (Å²) in [4.78, 5) is 0. The monoisotopic (exact) mass is 362 g/mol. The van der Waals surface area contributed by atoms with E-state index in [0.717, 1.165) is 17.9 Å². The van der Waals surface area contributed by atoms with Crippen molar-refractivity contribution in [2.24, 2.45) is 17.8 Å². The van der Waals surface area contributed by atoms with Gasteiger partial charge in [0.15, 0.2) is 0 Å². The molecule has 0 heterocycles. The van der Waals surface area contributed by atoms with Crippen LogP contribution >= 0.6 is 0 Å². The number of rotatable bonds is 9. The number of hydrogen-bond donors (Lipinski definition) is 0. The molecule has 0 aromatic rings. The molecule has 0 radical (unpaired) electrons. The minimum atomic E-state index is -1.38. The van der Waals surface area contributed by atoms with Gasteiger partial charge in [-0.05, 0) is 50.0 Å². The summed E-state index contributed by atoms with van der Waals surface area (Å²) >= 11 is 0. The van der Waals surface area contributed by atoms with Crippen molar-refractivity contribution in [3.63, 3.8) is 0 Å². The van der Waals surface area contributed by atoms with Crippen LogP contribution in [0, 0.1) is 29.2 Å². The van der Waals surface area contributed by atoms with Gasteiger partial charge in [-0.2, -0.15) is 0 Å². The van der Waals surface area contributed by atoms with Crippen LogP contribution in [0.5, 0.6) is 0 Å². The van der Waals surface area contributed by atoms with Crippen molar-refractivity contribution in [1.29, 1.82) is 0 Å². The standard InChI is InChI=1S/C22H38O2Si/c1-8-23-21-17-20(18(6)7)22(24-9-2)16-19(21)14-13-15-25(10-3,11-4)12-5/h16-20H,8-12,14H2,1-7H3/t19-,20-/m0/s1. The summed E-state index contributed by atoms with van der Waals surface area (Å²) in [5.74, 6) is 6.74. The van der Waals surface area contributed by atoms with Crippen LogP contribution < -0.4 is 0 Å². The minimum absolute atomic E-state index is 0.223. The molecule has 0 N–H and O–H groups in total. The fourth-order valence-electron chi connectivity index (χ4n) is 3.45. The Labute approximate surface area is 157 Å². The zero-order valence-corrected chi connectivity index (χ0v) is 18.4. The summed E-state index contributed by atoms with van der Waals surface area (Å²) in [6.07, 6.45) is 5.37. The van der Waals surface area contributed by atoms with Crippen molar-refractivity contribution in [2.45, 2.75) is 73.0 Å². The fraction of sp³-hybridized carbons (Fsp3) is 0.727. The van der Waals surface area contributed by atoms with Crippen molar-refractivity contribution >= 4 is 8.07 Å². The van der Waals surface area contributed by atoms with Crippen LogP contribution in [0.15, 0.2) is 23.7 Å². The second-order valence-corrected chi connectivity index (χ2v) is 12.2. The van der Waals surface area contributed by atoms with Crippen LogP contribution in [0.1, 0.15) is 54.9 Å². The molecule has 0 saturated heterocycles. The Morgan fingerprint density at radius 2 is 1.48 bits per heavy atom. The zero-order valence-electron chi connectivity index (χ0n) is 17.4. The fourth-order valence-corrected chi connectivity index (χ4v) is 5.96. The molecular formula is C22H38O2Si. The van der Waals surface area contributed by atoms with Gasteiger partial charge in [0, 0.05) is 18.3 Å². The largest absolute Gasteiger partial charge is 0.498 e. The average molecular weight is 363 g/mol. The molecule has 2 atom stereocenters. The van der Waals surface area contributed by atoms with Crippen LogP contribution in [-0.2, 0) is 9.47 Å². The third-order valence-corrected chi connectivity index (χ3v) is 10.2. The molecule has 2 nitrogen and oxygen atoms in total. The van der Waals surface area contributed by atoms with Crippen LogP contribution in [0.2, 0.25) is 18.1 Å². The zero-order chi connectivity index (χ0) is 18.9. The maximum atomic E-state index is 5.97. The van der Waals surface area contributed by atoms with E-state index >= 15 is 0 Å².